The van der Waals surface area contributed by atoms with Gasteiger partial charge in [0.2, 0.25) is 0 Å². The molecule has 0 amide bonds. The van der Waals surface area contributed by atoms with Gasteiger partial charge in [0, 0.05) is 32.7 Å². The second-order valence-electron chi connectivity index (χ2n) is 5.24. The SMILES string of the molecule is CCN1CCN(CC)c2c1ccc(NC1=NCCN1)c2Br. The van der Waals surface area contributed by atoms with Crippen molar-refractivity contribution in [3.8, 4) is 0 Å². The number of hydrogen-bond donors (Lipinski definition) is 2. The standard InChI is InChI=1S/C15H22BrN5/c1-3-20-9-10-21(4-2)14-12(20)6-5-11(13(14)16)19-15-17-7-8-18-15/h5-6H,3-4,7-10H2,1-2H3,(H2,17,18,19). The van der Waals surface area contributed by atoms with E-state index in [2.05, 4.69) is 67.3 Å². The zero-order valence-corrected chi connectivity index (χ0v) is 14.2. The molecule has 5 nitrogen and oxygen atoms in total. The lowest BCUT2D eigenvalue weighted by Gasteiger charge is -2.39. The van der Waals surface area contributed by atoms with Gasteiger partial charge in [-0.05, 0) is 41.9 Å². The lowest BCUT2D eigenvalue weighted by atomic mass is 10.1. The van der Waals surface area contributed by atoms with E-state index < -0.39 is 0 Å². The van der Waals surface area contributed by atoms with Crippen LogP contribution in [0.25, 0.3) is 0 Å². The number of aliphatic imine (C=N–C) groups is 1. The number of halogens is 1. The molecular formula is C15H22BrN5. The third kappa shape index (κ3) is 2.69. The van der Waals surface area contributed by atoms with Crippen LogP contribution in [-0.2, 0) is 0 Å². The van der Waals surface area contributed by atoms with Crippen LogP contribution in [0.2, 0.25) is 0 Å². The Hall–Kier alpha value is -1.43. The van der Waals surface area contributed by atoms with Crippen molar-refractivity contribution in [1.82, 2.24) is 5.32 Å². The number of guanidine groups is 1. The Kier molecular flexibility index (Phi) is 4.24. The quantitative estimate of drug-likeness (QED) is 0.877. The normalized spacial score (nSPS) is 17.4. The summed E-state index contributed by atoms with van der Waals surface area (Å²) in [6.07, 6.45) is 0. The first kappa shape index (κ1) is 14.5. The van der Waals surface area contributed by atoms with Crippen LogP contribution in [-0.4, -0.2) is 45.2 Å². The summed E-state index contributed by atoms with van der Waals surface area (Å²) in [5.74, 6) is 0.863. The van der Waals surface area contributed by atoms with Gasteiger partial charge in [0.1, 0.15) is 0 Å². The van der Waals surface area contributed by atoms with Crippen molar-refractivity contribution in [2.45, 2.75) is 13.8 Å². The third-order valence-corrected chi connectivity index (χ3v) is 4.89. The Balaban J connectivity index is 1.98. The predicted octanol–water partition coefficient (Wildman–Crippen LogP) is 2.49. The van der Waals surface area contributed by atoms with Crippen molar-refractivity contribution in [3.63, 3.8) is 0 Å². The van der Waals surface area contributed by atoms with Crippen molar-refractivity contribution >= 4 is 39.0 Å². The number of anilines is 3. The first-order valence-electron chi connectivity index (χ1n) is 7.62. The van der Waals surface area contributed by atoms with E-state index >= 15 is 0 Å². The molecule has 0 radical (unpaired) electrons. The Morgan fingerprint density at radius 1 is 1.24 bits per heavy atom. The van der Waals surface area contributed by atoms with Crippen molar-refractivity contribution < 1.29 is 0 Å². The molecule has 2 aliphatic rings. The maximum absolute atomic E-state index is 4.40. The summed E-state index contributed by atoms with van der Waals surface area (Å²) in [7, 11) is 0. The summed E-state index contributed by atoms with van der Waals surface area (Å²) in [5, 5.41) is 6.64. The van der Waals surface area contributed by atoms with Gasteiger partial charge in [-0.3, -0.25) is 4.99 Å². The summed E-state index contributed by atoms with van der Waals surface area (Å²) < 4.78 is 1.12. The monoisotopic (exact) mass is 351 g/mol. The topological polar surface area (TPSA) is 42.9 Å². The highest BCUT2D eigenvalue weighted by Crippen LogP contribution is 2.43. The van der Waals surface area contributed by atoms with Crippen LogP contribution in [0.1, 0.15) is 13.8 Å². The molecule has 0 fully saturated rings. The van der Waals surface area contributed by atoms with Crippen molar-refractivity contribution in [2.24, 2.45) is 4.99 Å². The van der Waals surface area contributed by atoms with Gasteiger partial charge in [-0.1, -0.05) is 0 Å². The van der Waals surface area contributed by atoms with E-state index in [9.17, 15) is 0 Å². The molecule has 2 heterocycles. The molecule has 0 atom stereocenters. The van der Waals surface area contributed by atoms with E-state index in [1.165, 1.54) is 11.4 Å². The molecule has 2 aliphatic heterocycles. The van der Waals surface area contributed by atoms with Crippen LogP contribution in [0.4, 0.5) is 17.1 Å². The van der Waals surface area contributed by atoms with Crippen LogP contribution in [0.5, 0.6) is 0 Å². The zero-order valence-electron chi connectivity index (χ0n) is 12.6. The Morgan fingerprint density at radius 2 is 2.00 bits per heavy atom. The van der Waals surface area contributed by atoms with Gasteiger partial charge < -0.3 is 20.4 Å². The van der Waals surface area contributed by atoms with E-state index in [-0.39, 0.29) is 0 Å². The Labute approximate surface area is 134 Å². The van der Waals surface area contributed by atoms with E-state index in [0.29, 0.717) is 0 Å². The average Bonchev–Trinajstić information content (AvgIpc) is 3.02. The van der Waals surface area contributed by atoms with Crippen LogP contribution in [0.15, 0.2) is 21.6 Å². The molecule has 6 heteroatoms. The summed E-state index contributed by atoms with van der Waals surface area (Å²) >= 11 is 3.80. The maximum Gasteiger partial charge on any atom is 0.195 e. The second-order valence-corrected chi connectivity index (χ2v) is 6.03. The largest absolute Gasteiger partial charge is 0.368 e. The van der Waals surface area contributed by atoms with Gasteiger partial charge in [0.05, 0.1) is 28.1 Å². The van der Waals surface area contributed by atoms with Crippen molar-refractivity contribution in [3.05, 3.63) is 16.6 Å². The number of likely N-dealkylation sites (N-methyl/N-ethyl adjacent to an activating group) is 2. The highest BCUT2D eigenvalue weighted by atomic mass is 79.9. The van der Waals surface area contributed by atoms with Crippen LogP contribution in [0, 0.1) is 0 Å². The molecule has 1 aromatic rings. The fourth-order valence-corrected chi connectivity index (χ4v) is 3.62. The van der Waals surface area contributed by atoms with Crippen LogP contribution < -0.4 is 20.4 Å². The minimum absolute atomic E-state index is 0.843. The van der Waals surface area contributed by atoms with Gasteiger partial charge in [0.25, 0.3) is 0 Å². The molecule has 0 bridgehead atoms. The van der Waals surface area contributed by atoms with E-state index in [1.807, 2.05) is 0 Å². The highest BCUT2D eigenvalue weighted by Gasteiger charge is 2.25. The second kappa shape index (κ2) is 6.13. The lowest BCUT2D eigenvalue weighted by molar-refractivity contribution is 0.721. The Morgan fingerprint density at radius 3 is 2.67 bits per heavy atom. The number of fused-ring (bicyclic) bond motifs is 1. The Bertz CT molecular complexity index is 557. The van der Waals surface area contributed by atoms with E-state index in [1.54, 1.807) is 0 Å². The molecule has 21 heavy (non-hydrogen) atoms. The molecular weight excluding hydrogens is 330 g/mol. The summed E-state index contributed by atoms with van der Waals surface area (Å²) in [4.78, 5) is 9.27. The third-order valence-electron chi connectivity index (χ3n) is 4.08. The number of hydrogen-bond acceptors (Lipinski definition) is 5. The fourth-order valence-electron chi connectivity index (χ4n) is 2.93. The van der Waals surface area contributed by atoms with Gasteiger partial charge in [-0.25, -0.2) is 0 Å². The zero-order chi connectivity index (χ0) is 14.8. The molecule has 114 valence electrons. The number of rotatable bonds is 3. The van der Waals surface area contributed by atoms with Crippen molar-refractivity contribution in [1.29, 1.82) is 0 Å². The summed E-state index contributed by atoms with van der Waals surface area (Å²) in [5.41, 5.74) is 3.66. The van der Waals surface area contributed by atoms with Gasteiger partial charge in [-0.15, -0.1) is 0 Å². The van der Waals surface area contributed by atoms with E-state index in [4.69, 9.17) is 0 Å². The van der Waals surface area contributed by atoms with Gasteiger partial charge >= 0.3 is 0 Å². The molecule has 0 aliphatic carbocycles. The number of nitrogens with zero attached hydrogens (tertiary/aromatic N) is 3. The van der Waals surface area contributed by atoms with Gasteiger partial charge in [0.15, 0.2) is 5.96 Å². The minimum Gasteiger partial charge on any atom is -0.368 e. The van der Waals surface area contributed by atoms with Crippen molar-refractivity contribution in [2.75, 3.05) is 54.4 Å². The molecule has 0 unspecified atom stereocenters. The predicted molar refractivity (Wildman–Crippen MR) is 93.8 cm³/mol. The fraction of sp³-hybridized carbons (Fsp3) is 0.533. The molecule has 3 rings (SSSR count). The van der Waals surface area contributed by atoms with Crippen LogP contribution in [0.3, 0.4) is 0 Å². The highest BCUT2D eigenvalue weighted by molar-refractivity contribution is 9.10. The van der Waals surface area contributed by atoms with Crippen LogP contribution >= 0.6 is 15.9 Å². The smallest absolute Gasteiger partial charge is 0.195 e. The molecule has 0 saturated heterocycles. The first-order chi connectivity index (χ1) is 10.2. The first-order valence-corrected chi connectivity index (χ1v) is 8.41. The number of nitrogens with one attached hydrogen (secondary N) is 2. The minimum atomic E-state index is 0.843. The van der Waals surface area contributed by atoms with Gasteiger partial charge in [-0.2, -0.15) is 0 Å². The van der Waals surface area contributed by atoms with E-state index in [0.717, 1.165) is 55.4 Å². The molecule has 0 saturated carbocycles. The summed E-state index contributed by atoms with van der Waals surface area (Å²) in [6.45, 7) is 10.4. The maximum atomic E-state index is 4.40. The number of benzene rings is 1. The molecule has 2 N–H and O–H groups in total. The summed E-state index contributed by atoms with van der Waals surface area (Å²) in [6, 6.07) is 4.34. The lowest BCUT2D eigenvalue weighted by Crippen LogP contribution is -2.41. The molecule has 1 aromatic carbocycles. The molecule has 0 spiro atoms. The molecule has 0 aromatic heterocycles. The average molecular weight is 352 g/mol.